The molecular formula is C29H28ClNO4. The van der Waals surface area contributed by atoms with Gasteiger partial charge in [0.2, 0.25) is 5.91 Å². The number of carbonyl (C=O) groups is 1. The maximum absolute atomic E-state index is 12.8. The molecule has 3 aromatic carbocycles. The largest absolute Gasteiger partial charge is 0.497 e. The number of nitrogens with one attached hydrogen (secondary N) is 1. The summed E-state index contributed by atoms with van der Waals surface area (Å²) in [5.41, 5.74) is 6.82. The molecule has 0 atom stereocenters. The Kier molecular flexibility index (Phi) is 7.17. The van der Waals surface area contributed by atoms with Crippen LogP contribution in [0.2, 0.25) is 5.02 Å². The number of rotatable bonds is 7. The maximum Gasteiger partial charge on any atom is 0.248 e. The Bertz CT molecular complexity index is 1420. The number of fused-ring (bicyclic) bond motifs is 1. The van der Waals surface area contributed by atoms with E-state index in [0.717, 1.165) is 50.1 Å². The number of allylic oxidation sites excluding steroid dienone is 1. The van der Waals surface area contributed by atoms with Gasteiger partial charge < -0.3 is 19.2 Å². The van der Waals surface area contributed by atoms with Gasteiger partial charge in [0.15, 0.2) is 0 Å². The Morgan fingerprint density at radius 2 is 1.86 bits per heavy atom. The number of furan rings is 1. The normalized spacial score (nSPS) is 11.5. The van der Waals surface area contributed by atoms with Crippen LogP contribution in [0.15, 0.2) is 65.3 Å². The quantitative estimate of drug-likeness (QED) is 0.269. The molecular weight excluding hydrogens is 462 g/mol. The van der Waals surface area contributed by atoms with Crippen molar-refractivity contribution in [2.45, 2.75) is 27.7 Å². The molecule has 180 valence electrons. The molecule has 0 unspecified atom stereocenters. The van der Waals surface area contributed by atoms with E-state index in [1.165, 1.54) is 0 Å². The van der Waals surface area contributed by atoms with Crippen LogP contribution in [0.25, 0.3) is 27.7 Å². The molecule has 0 aliphatic carbocycles. The van der Waals surface area contributed by atoms with Gasteiger partial charge in [-0.2, -0.15) is 0 Å². The zero-order chi connectivity index (χ0) is 25.1. The topological polar surface area (TPSA) is 60.7 Å². The van der Waals surface area contributed by atoms with E-state index in [4.69, 9.17) is 25.5 Å². The van der Waals surface area contributed by atoms with Crippen molar-refractivity contribution < 1.29 is 18.7 Å². The molecule has 4 rings (SSSR count). The summed E-state index contributed by atoms with van der Waals surface area (Å²) in [5, 5.41) is 4.44. The van der Waals surface area contributed by atoms with Crippen LogP contribution in [0, 0.1) is 13.8 Å². The number of ether oxygens (including phenoxy) is 2. The van der Waals surface area contributed by atoms with Gasteiger partial charge in [0, 0.05) is 38.9 Å². The average molecular weight is 490 g/mol. The molecule has 0 saturated heterocycles. The number of hydrogen-bond acceptors (Lipinski definition) is 4. The molecule has 0 bridgehead atoms. The Balaban J connectivity index is 1.75. The third kappa shape index (κ3) is 5.05. The summed E-state index contributed by atoms with van der Waals surface area (Å²) in [4.78, 5) is 12.8. The summed E-state index contributed by atoms with van der Waals surface area (Å²) >= 11 is 6.20. The van der Waals surface area contributed by atoms with Crippen molar-refractivity contribution in [1.29, 1.82) is 0 Å². The van der Waals surface area contributed by atoms with Gasteiger partial charge in [-0.3, -0.25) is 4.79 Å². The first kappa shape index (κ1) is 24.4. The highest BCUT2D eigenvalue weighted by atomic mass is 35.5. The number of aryl methyl sites for hydroxylation is 2. The van der Waals surface area contributed by atoms with Crippen LogP contribution in [0.3, 0.4) is 0 Å². The predicted octanol–water partition coefficient (Wildman–Crippen LogP) is 7.82. The van der Waals surface area contributed by atoms with Crippen LogP contribution in [0.5, 0.6) is 11.5 Å². The van der Waals surface area contributed by atoms with Crippen molar-refractivity contribution in [3.63, 3.8) is 0 Å². The smallest absolute Gasteiger partial charge is 0.248 e. The Labute approximate surface area is 210 Å². The highest BCUT2D eigenvalue weighted by molar-refractivity contribution is 6.31. The predicted molar refractivity (Wildman–Crippen MR) is 143 cm³/mol. The van der Waals surface area contributed by atoms with Crippen molar-refractivity contribution in [3.8, 4) is 22.6 Å². The molecule has 35 heavy (non-hydrogen) atoms. The van der Waals surface area contributed by atoms with Crippen LogP contribution < -0.4 is 14.8 Å². The van der Waals surface area contributed by atoms with Gasteiger partial charge in [0.1, 0.15) is 17.1 Å². The summed E-state index contributed by atoms with van der Waals surface area (Å²) in [5.74, 6) is 1.25. The second-order valence-electron chi connectivity index (χ2n) is 8.35. The van der Waals surface area contributed by atoms with Crippen LogP contribution in [-0.2, 0) is 4.79 Å². The van der Waals surface area contributed by atoms with E-state index in [-0.39, 0.29) is 5.91 Å². The third-order valence-corrected chi connectivity index (χ3v) is 6.35. The first-order valence-corrected chi connectivity index (χ1v) is 11.8. The van der Waals surface area contributed by atoms with E-state index in [2.05, 4.69) is 5.32 Å². The lowest BCUT2D eigenvalue weighted by Gasteiger charge is -2.15. The first-order valence-electron chi connectivity index (χ1n) is 11.4. The van der Waals surface area contributed by atoms with Gasteiger partial charge in [0.25, 0.3) is 0 Å². The van der Waals surface area contributed by atoms with Crippen molar-refractivity contribution in [1.82, 2.24) is 0 Å². The number of hydrogen-bond donors (Lipinski definition) is 1. The third-order valence-electron chi connectivity index (χ3n) is 5.95. The van der Waals surface area contributed by atoms with Gasteiger partial charge in [-0.15, -0.1) is 0 Å². The molecule has 0 radical (unpaired) electrons. The van der Waals surface area contributed by atoms with E-state index in [1.54, 1.807) is 25.5 Å². The van der Waals surface area contributed by atoms with Crippen molar-refractivity contribution in [3.05, 3.63) is 82.6 Å². The summed E-state index contributed by atoms with van der Waals surface area (Å²) < 4.78 is 17.3. The Hall–Kier alpha value is -3.70. The maximum atomic E-state index is 12.8. The fourth-order valence-electron chi connectivity index (χ4n) is 4.06. The van der Waals surface area contributed by atoms with Gasteiger partial charge in [0.05, 0.1) is 20.0 Å². The van der Waals surface area contributed by atoms with E-state index < -0.39 is 0 Å². The minimum Gasteiger partial charge on any atom is -0.497 e. The summed E-state index contributed by atoms with van der Waals surface area (Å²) in [6.07, 6.45) is 3.33. The second-order valence-corrected chi connectivity index (χ2v) is 8.75. The zero-order valence-electron chi connectivity index (χ0n) is 20.5. The SMILES string of the molecule is CCOc1c(/C(C)=C/C(=O)Nc2ccc(C)c(Cl)c2)cc2c(-c3ccc(OC)cc3)coc2c1C. The lowest BCUT2D eigenvalue weighted by atomic mass is 9.96. The molecule has 0 aliphatic rings. The van der Waals surface area contributed by atoms with Crippen molar-refractivity contribution >= 4 is 39.7 Å². The van der Waals surface area contributed by atoms with Gasteiger partial charge in [-0.25, -0.2) is 0 Å². The van der Waals surface area contributed by atoms with E-state index in [1.807, 2.05) is 70.2 Å². The number of benzene rings is 3. The molecule has 0 saturated carbocycles. The average Bonchev–Trinajstić information content (AvgIpc) is 3.27. The van der Waals surface area contributed by atoms with E-state index >= 15 is 0 Å². The number of halogens is 1. The minimum absolute atomic E-state index is 0.245. The van der Waals surface area contributed by atoms with E-state index in [0.29, 0.717) is 23.1 Å². The second kappa shape index (κ2) is 10.3. The van der Waals surface area contributed by atoms with Crippen LogP contribution >= 0.6 is 11.6 Å². The molecule has 1 aromatic heterocycles. The summed E-state index contributed by atoms with van der Waals surface area (Å²) in [7, 11) is 1.64. The molecule has 0 fully saturated rings. The highest BCUT2D eigenvalue weighted by Gasteiger charge is 2.19. The molecule has 4 aromatic rings. The zero-order valence-corrected chi connectivity index (χ0v) is 21.2. The lowest BCUT2D eigenvalue weighted by Crippen LogP contribution is -2.09. The molecule has 1 heterocycles. The van der Waals surface area contributed by atoms with E-state index in [9.17, 15) is 4.79 Å². The fourth-order valence-corrected chi connectivity index (χ4v) is 4.24. The van der Waals surface area contributed by atoms with Gasteiger partial charge in [-0.1, -0.05) is 29.8 Å². The monoisotopic (exact) mass is 489 g/mol. The lowest BCUT2D eigenvalue weighted by molar-refractivity contribution is -0.111. The molecule has 0 aliphatic heterocycles. The van der Waals surface area contributed by atoms with Crippen molar-refractivity contribution in [2.75, 3.05) is 19.0 Å². The molecule has 5 nitrogen and oxygen atoms in total. The van der Waals surface area contributed by atoms with Crippen LogP contribution in [0.4, 0.5) is 5.69 Å². The Morgan fingerprint density at radius 1 is 1.11 bits per heavy atom. The number of anilines is 1. The minimum atomic E-state index is -0.245. The van der Waals surface area contributed by atoms with Gasteiger partial charge in [-0.05, 0) is 74.7 Å². The first-order chi connectivity index (χ1) is 16.8. The fraction of sp³-hybridized carbons (Fsp3) is 0.207. The van der Waals surface area contributed by atoms with Crippen LogP contribution in [0.1, 0.15) is 30.5 Å². The summed E-state index contributed by atoms with van der Waals surface area (Å²) in [6.45, 7) is 8.22. The molecule has 1 N–H and O–H groups in total. The molecule has 1 amide bonds. The van der Waals surface area contributed by atoms with Crippen LogP contribution in [-0.4, -0.2) is 19.6 Å². The number of carbonyl (C=O) groups excluding carboxylic acids is 1. The van der Waals surface area contributed by atoms with Crippen molar-refractivity contribution in [2.24, 2.45) is 0 Å². The number of amides is 1. The number of methoxy groups -OCH3 is 1. The Morgan fingerprint density at radius 3 is 2.51 bits per heavy atom. The highest BCUT2D eigenvalue weighted by Crippen LogP contribution is 2.41. The molecule has 0 spiro atoms. The summed E-state index contributed by atoms with van der Waals surface area (Å²) in [6, 6.07) is 15.3. The standard InChI is InChI=1S/C29H28ClNO4/c1-6-34-28-19(4)29-24(25(16-35-29)20-8-11-22(33-5)12-9-20)15-23(28)18(3)13-27(32)31-21-10-7-17(2)26(30)14-21/h7-16H,6H2,1-5H3,(H,31,32)/b18-13+. The van der Waals surface area contributed by atoms with Gasteiger partial charge >= 0.3 is 0 Å². The molecule has 6 heteroatoms.